The predicted molar refractivity (Wildman–Crippen MR) is 117 cm³/mol. The van der Waals surface area contributed by atoms with Crippen molar-refractivity contribution in [2.75, 3.05) is 4.72 Å². The minimum atomic E-state index is -3.80. The third-order valence-electron chi connectivity index (χ3n) is 4.74. The molecule has 2 N–H and O–H groups in total. The second-order valence-corrected chi connectivity index (χ2v) is 8.66. The quantitative estimate of drug-likeness (QED) is 0.453. The summed E-state index contributed by atoms with van der Waals surface area (Å²) < 4.78 is 32.9. The monoisotopic (exact) mass is 435 g/mol. The van der Waals surface area contributed by atoms with Crippen molar-refractivity contribution in [3.05, 3.63) is 94.3 Å². The van der Waals surface area contributed by atoms with E-state index in [0.717, 1.165) is 5.56 Å². The lowest BCUT2D eigenvalue weighted by Crippen LogP contribution is -2.13. The van der Waals surface area contributed by atoms with Crippen LogP contribution >= 0.6 is 0 Å². The molecule has 0 unspecified atom stereocenters. The Kier molecular flexibility index (Phi) is 5.08. The van der Waals surface area contributed by atoms with Crippen LogP contribution in [0.15, 0.2) is 86.9 Å². The first-order chi connectivity index (χ1) is 14.7. The van der Waals surface area contributed by atoms with E-state index in [1.807, 2.05) is 0 Å². The number of aromatic carboxylic acids is 1. The van der Waals surface area contributed by atoms with E-state index in [1.165, 1.54) is 30.3 Å². The Morgan fingerprint density at radius 3 is 2.39 bits per heavy atom. The van der Waals surface area contributed by atoms with Crippen LogP contribution < -0.4 is 10.3 Å². The summed E-state index contributed by atoms with van der Waals surface area (Å²) in [5.41, 5.74) is 0.799. The fraction of sp³-hybridized carbons (Fsp3) is 0.0435. The average molecular weight is 435 g/mol. The van der Waals surface area contributed by atoms with E-state index in [1.54, 1.807) is 49.4 Å². The van der Waals surface area contributed by atoms with Gasteiger partial charge in [-0.2, -0.15) is 0 Å². The minimum absolute atomic E-state index is 0.00103. The molecule has 0 fully saturated rings. The Hall–Kier alpha value is -3.91. The lowest BCUT2D eigenvalue weighted by atomic mass is 9.98. The summed E-state index contributed by atoms with van der Waals surface area (Å²) >= 11 is 0. The summed E-state index contributed by atoms with van der Waals surface area (Å²) in [4.78, 5) is 24.3. The van der Waals surface area contributed by atoms with Gasteiger partial charge in [0.05, 0.1) is 21.7 Å². The zero-order valence-corrected chi connectivity index (χ0v) is 17.1. The molecule has 1 heterocycles. The highest BCUT2D eigenvalue weighted by Gasteiger charge is 2.18. The highest BCUT2D eigenvalue weighted by Crippen LogP contribution is 2.27. The van der Waals surface area contributed by atoms with Crippen molar-refractivity contribution in [1.29, 1.82) is 0 Å². The second-order valence-electron chi connectivity index (χ2n) is 6.97. The van der Waals surface area contributed by atoms with E-state index in [2.05, 4.69) is 4.72 Å². The molecule has 0 aliphatic rings. The van der Waals surface area contributed by atoms with Crippen molar-refractivity contribution < 1.29 is 22.7 Å². The predicted octanol–water partition coefficient (Wildman–Crippen LogP) is 4.27. The van der Waals surface area contributed by atoms with Gasteiger partial charge < -0.3 is 9.52 Å². The number of rotatable bonds is 5. The summed E-state index contributed by atoms with van der Waals surface area (Å²) in [6.45, 7) is 1.76. The van der Waals surface area contributed by atoms with E-state index >= 15 is 0 Å². The van der Waals surface area contributed by atoms with Gasteiger partial charge in [-0.25, -0.2) is 18.0 Å². The molecular weight excluding hydrogens is 418 g/mol. The number of nitrogens with one attached hydrogen (secondary N) is 1. The number of carboxylic acids is 1. The summed E-state index contributed by atoms with van der Waals surface area (Å²) in [7, 11) is -3.80. The van der Waals surface area contributed by atoms with Crippen LogP contribution in [0.25, 0.3) is 22.1 Å². The number of hydrogen-bond acceptors (Lipinski definition) is 5. The lowest BCUT2D eigenvalue weighted by molar-refractivity contribution is 0.0697. The molecule has 31 heavy (non-hydrogen) atoms. The van der Waals surface area contributed by atoms with Crippen LogP contribution in [0.5, 0.6) is 0 Å². The van der Waals surface area contributed by atoms with Gasteiger partial charge >= 0.3 is 11.6 Å². The van der Waals surface area contributed by atoms with Crippen molar-refractivity contribution in [3.8, 4) is 11.1 Å². The molecule has 0 atom stereocenters. The number of aryl methyl sites for hydroxylation is 1. The molecule has 0 aliphatic heterocycles. The van der Waals surface area contributed by atoms with Gasteiger partial charge in [0, 0.05) is 17.0 Å². The van der Waals surface area contributed by atoms with Crippen molar-refractivity contribution in [1.82, 2.24) is 0 Å². The SMILES string of the molecule is Cc1ccc(-c2cc3ccc(NS(=O)(=O)c4ccccc4)cc3oc2=O)c(C(=O)O)c1. The van der Waals surface area contributed by atoms with Gasteiger partial charge in [-0.15, -0.1) is 0 Å². The van der Waals surface area contributed by atoms with Gasteiger partial charge in [-0.3, -0.25) is 4.72 Å². The van der Waals surface area contributed by atoms with Gasteiger partial charge in [-0.05, 0) is 43.3 Å². The Bertz CT molecular complexity index is 1470. The molecule has 7 nitrogen and oxygen atoms in total. The molecule has 0 aliphatic carbocycles. The Labute approximate surface area is 177 Å². The van der Waals surface area contributed by atoms with Crippen LogP contribution in [0.3, 0.4) is 0 Å². The number of sulfonamides is 1. The Morgan fingerprint density at radius 1 is 0.935 bits per heavy atom. The maximum Gasteiger partial charge on any atom is 0.344 e. The summed E-state index contributed by atoms with van der Waals surface area (Å²) in [6, 6.07) is 18.7. The van der Waals surface area contributed by atoms with Gasteiger partial charge in [0.1, 0.15) is 5.58 Å². The third kappa shape index (κ3) is 4.06. The van der Waals surface area contributed by atoms with E-state index < -0.39 is 21.6 Å². The molecule has 0 saturated heterocycles. The van der Waals surface area contributed by atoms with Crippen molar-refractivity contribution in [2.24, 2.45) is 0 Å². The van der Waals surface area contributed by atoms with Crippen LogP contribution in [-0.2, 0) is 10.0 Å². The van der Waals surface area contributed by atoms with E-state index in [4.69, 9.17) is 4.42 Å². The minimum Gasteiger partial charge on any atom is -0.478 e. The van der Waals surface area contributed by atoms with Gasteiger partial charge in [-0.1, -0.05) is 35.9 Å². The Balaban J connectivity index is 1.76. The fourth-order valence-electron chi connectivity index (χ4n) is 3.25. The van der Waals surface area contributed by atoms with Crippen LogP contribution in [-0.4, -0.2) is 19.5 Å². The Morgan fingerprint density at radius 2 is 1.68 bits per heavy atom. The first kappa shape index (κ1) is 20.4. The van der Waals surface area contributed by atoms with E-state index in [-0.39, 0.29) is 32.9 Å². The van der Waals surface area contributed by atoms with Crippen molar-refractivity contribution in [3.63, 3.8) is 0 Å². The largest absolute Gasteiger partial charge is 0.478 e. The zero-order valence-electron chi connectivity index (χ0n) is 16.3. The molecule has 8 heteroatoms. The molecule has 1 aromatic heterocycles. The molecular formula is C23H17NO6S. The summed E-state index contributed by atoms with van der Waals surface area (Å²) in [5.74, 6) is -1.15. The van der Waals surface area contributed by atoms with Crippen LogP contribution in [0, 0.1) is 6.92 Å². The first-order valence-corrected chi connectivity index (χ1v) is 10.7. The maximum absolute atomic E-state index is 12.6. The van der Waals surface area contributed by atoms with E-state index in [0.29, 0.717) is 5.39 Å². The molecule has 4 aromatic rings. The molecule has 0 bridgehead atoms. The van der Waals surface area contributed by atoms with Gasteiger partial charge in [0.25, 0.3) is 10.0 Å². The molecule has 3 aromatic carbocycles. The fourth-order valence-corrected chi connectivity index (χ4v) is 4.32. The third-order valence-corrected chi connectivity index (χ3v) is 6.13. The first-order valence-electron chi connectivity index (χ1n) is 9.25. The summed E-state index contributed by atoms with van der Waals surface area (Å²) in [6.07, 6.45) is 0. The number of carboxylic acid groups (broad SMARTS) is 1. The number of carbonyl (C=O) groups is 1. The van der Waals surface area contributed by atoms with Gasteiger partial charge in [0.2, 0.25) is 0 Å². The van der Waals surface area contributed by atoms with E-state index in [9.17, 15) is 23.1 Å². The molecule has 4 rings (SSSR count). The number of anilines is 1. The number of hydrogen-bond donors (Lipinski definition) is 2. The van der Waals surface area contributed by atoms with Crippen LogP contribution in [0.2, 0.25) is 0 Å². The van der Waals surface area contributed by atoms with Crippen molar-refractivity contribution >= 4 is 32.6 Å². The highest BCUT2D eigenvalue weighted by atomic mass is 32.2. The topological polar surface area (TPSA) is 114 Å². The lowest BCUT2D eigenvalue weighted by Gasteiger charge is -2.10. The molecule has 0 amide bonds. The second kappa shape index (κ2) is 7.73. The standard InChI is InChI=1S/C23H17NO6S/c1-14-7-10-18(19(11-14)22(25)26)20-12-15-8-9-16(13-21(15)30-23(20)27)24-31(28,29)17-5-3-2-4-6-17/h2-13,24H,1H3,(H,25,26). The average Bonchev–Trinajstić information content (AvgIpc) is 2.73. The smallest absolute Gasteiger partial charge is 0.344 e. The molecule has 0 spiro atoms. The van der Waals surface area contributed by atoms with Crippen LogP contribution in [0.4, 0.5) is 5.69 Å². The highest BCUT2D eigenvalue weighted by molar-refractivity contribution is 7.92. The maximum atomic E-state index is 12.6. The zero-order chi connectivity index (χ0) is 22.2. The molecule has 0 saturated carbocycles. The normalized spacial score (nSPS) is 11.4. The number of benzene rings is 3. The van der Waals surface area contributed by atoms with Gasteiger partial charge in [0.15, 0.2) is 0 Å². The summed E-state index contributed by atoms with van der Waals surface area (Å²) in [5, 5.41) is 10.0. The number of fused-ring (bicyclic) bond motifs is 1. The van der Waals surface area contributed by atoms with Crippen molar-refractivity contribution in [2.45, 2.75) is 11.8 Å². The molecule has 0 radical (unpaired) electrons. The molecule has 156 valence electrons. The van der Waals surface area contributed by atoms with Crippen LogP contribution in [0.1, 0.15) is 15.9 Å².